The van der Waals surface area contributed by atoms with Gasteiger partial charge in [-0.3, -0.25) is 4.99 Å². The van der Waals surface area contributed by atoms with Crippen LogP contribution in [0.3, 0.4) is 0 Å². The first-order valence-corrected chi connectivity index (χ1v) is 9.98. The number of benzene rings is 1. The van der Waals surface area contributed by atoms with E-state index in [1.807, 2.05) is 23.3 Å². The van der Waals surface area contributed by atoms with Crippen molar-refractivity contribution in [3.05, 3.63) is 41.4 Å². The lowest BCUT2D eigenvalue weighted by Crippen LogP contribution is -2.51. The van der Waals surface area contributed by atoms with Crippen LogP contribution in [0.1, 0.15) is 5.56 Å². The van der Waals surface area contributed by atoms with Crippen molar-refractivity contribution in [3.63, 3.8) is 0 Å². The zero-order chi connectivity index (χ0) is 16.8. The van der Waals surface area contributed by atoms with Crippen LogP contribution >= 0.6 is 23.1 Å². The van der Waals surface area contributed by atoms with Gasteiger partial charge in [0.1, 0.15) is 0 Å². The van der Waals surface area contributed by atoms with Crippen LogP contribution in [0.4, 0.5) is 5.13 Å². The Bertz CT molecular complexity index is 646. The zero-order valence-electron chi connectivity index (χ0n) is 13.9. The number of anilines is 1. The van der Waals surface area contributed by atoms with E-state index in [2.05, 4.69) is 51.0 Å². The van der Waals surface area contributed by atoms with E-state index in [-0.39, 0.29) is 0 Å². The molecule has 0 atom stereocenters. The number of thiazole rings is 1. The first-order valence-electron chi connectivity index (χ1n) is 8.11. The Morgan fingerprint density at radius 3 is 2.67 bits per heavy atom. The largest absolute Gasteiger partial charge is 0.370 e. The van der Waals surface area contributed by atoms with Crippen molar-refractivity contribution in [1.82, 2.24) is 9.88 Å². The van der Waals surface area contributed by atoms with Crippen molar-refractivity contribution in [2.45, 2.75) is 11.8 Å². The van der Waals surface area contributed by atoms with Crippen molar-refractivity contribution in [3.8, 4) is 0 Å². The highest BCUT2D eigenvalue weighted by atomic mass is 32.2. The van der Waals surface area contributed by atoms with Gasteiger partial charge < -0.3 is 15.5 Å². The van der Waals surface area contributed by atoms with Crippen molar-refractivity contribution in [2.75, 3.05) is 43.4 Å². The summed E-state index contributed by atoms with van der Waals surface area (Å²) >= 11 is 3.51. The van der Waals surface area contributed by atoms with Gasteiger partial charge in [0.25, 0.3) is 0 Å². The molecule has 5 nitrogen and oxygen atoms in total. The summed E-state index contributed by atoms with van der Waals surface area (Å²) in [5, 5.41) is 3.11. The van der Waals surface area contributed by atoms with Gasteiger partial charge in [0, 0.05) is 48.4 Å². The Hall–Kier alpha value is -1.73. The number of aromatic nitrogens is 1. The molecule has 1 aliphatic rings. The average Bonchev–Trinajstić information content (AvgIpc) is 3.15. The van der Waals surface area contributed by atoms with Gasteiger partial charge >= 0.3 is 0 Å². The van der Waals surface area contributed by atoms with Crippen LogP contribution in [-0.4, -0.2) is 54.3 Å². The minimum atomic E-state index is 0.665. The molecule has 7 heteroatoms. The van der Waals surface area contributed by atoms with Crippen LogP contribution in [0, 0.1) is 6.92 Å². The number of hydrogen-bond acceptors (Lipinski definition) is 5. The molecule has 0 bridgehead atoms. The third-order valence-corrected chi connectivity index (χ3v) is 5.77. The predicted molar refractivity (Wildman–Crippen MR) is 104 cm³/mol. The van der Waals surface area contributed by atoms with Crippen molar-refractivity contribution >= 4 is 34.2 Å². The SMILES string of the molecule is Cc1ccc(SCCN=C(N)N2CCN(c3nccs3)CC2)cc1. The summed E-state index contributed by atoms with van der Waals surface area (Å²) in [6, 6.07) is 8.60. The molecular weight excluding hydrogens is 338 g/mol. The molecule has 1 aromatic heterocycles. The second-order valence-corrected chi connectivity index (χ2v) is 7.73. The summed E-state index contributed by atoms with van der Waals surface area (Å²) in [7, 11) is 0. The molecule has 2 N–H and O–H groups in total. The third-order valence-electron chi connectivity index (χ3n) is 3.95. The minimum Gasteiger partial charge on any atom is -0.370 e. The Morgan fingerprint density at radius 1 is 1.25 bits per heavy atom. The van der Waals surface area contributed by atoms with Crippen LogP contribution in [0.5, 0.6) is 0 Å². The number of rotatable bonds is 5. The van der Waals surface area contributed by atoms with Crippen molar-refractivity contribution < 1.29 is 0 Å². The van der Waals surface area contributed by atoms with E-state index >= 15 is 0 Å². The molecule has 128 valence electrons. The topological polar surface area (TPSA) is 57.8 Å². The molecule has 0 aliphatic carbocycles. The Kier molecular flexibility index (Phi) is 5.98. The summed E-state index contributed by atoms with van der Waals surface area (Å²) in [6.45, 7) is 6.55. The fourth-order valence-electron chi connectivity index (χ4n) is 2.56. The quantitative estimate of drug-likeness (QED) is 0.384. The van der Waals surface area contributed by atoms with E-state index in [1.54, 1.807) is 11.3 Å². The highest BCUT2D eigenvalue weighted by Gasteiger charge is 2.19. The van der Waals surface area contributed by atoms with Crippen LogP contribution in [0.25, 0.3) is 0 Å². The Morgan fingerprint density at radius 2 is 2.00 bits per heavy atom. The van der Waals surface area contributed by atoms with Gasteiger partial charge in [-0.1, -0.05) is 17.7 Å². The number of nitrogens with zero attached hydrogens (tertiary/aromatic N) is 4. The molecule has 0 spiro atoms. The van der Waals surface area contributed by atoms with Gasteiger partial charge in [0.15, 0.2) is 11.1 Å². The van der Waals surface area contributed by atoms with Gasteiger partial charge in [-0.25, -0.2) is 4.98 Å². The molecule has 1 fully saturated rings. The summed E-state index contributed by atoms with van der Waals surface area (Å²) < 4.78 is 0. The van der Waals surface area contributed by atoms with Gasteiger partial charge in [-0.15, -0.1) is 23.1 Å². The van der Waals surface area contributed by atoms with Gasteiger partial charge in [0.05, 0.1) is 6.54 Å². The number of aliphatic imine (C=N–C) groups is 1. The first-order chi connectivity index (χ1) is 11.7. The summed E-state index contributed by atoms with van der Waals surface area (Å²) in [5.41, 5.74) is 7.44. The normalized spacial score (nSPS) is 15.8. The van der Waals surface area contributed by atoms with E-state index in [0.717, 1.165) is 43.6 Å². The number of nitrogens with two attached hydrogens (primary N) is 1. The van der Waals surface area contributed by atoms with E-state index in [4.69, 9.17) is 5.73 Å². The molecule has 2 heterocycles. The van der Waals surface area contributed by atoms with Gasteiger partial charge in [0.2, 0.25) is 0 Å². The zero-order valence-corrected chi connectivity index (χ0v) is 15.5. The summed E-state index contributed by atoms with van der Waals surface area (Å²) in [6.07, 6.45) is 1.86. The number of piperazine rings is 1. The maximum Gasteiger partial charge on any atom is 0.191 e. The minimum absolute atomic E-state index is 0.665. The standard InChI is InChI=1S/C17H23N5S2/c1-14-2-4-15(5-3-14)23-12-6-19-16(18)21-8-10-22(11-9-21)17-20-7-13-24-17/h2-5,7,13H,6,8-12H2,1H3,(H2,18,19). The van der Waals surface area contributed by atoms with Crippen molar-refractivity contribution in [1.29, 1.82) is 0 Å². The molecule has 24 heavy (non-hydrogen) atoms. The Labute approximate surface area is 151 Å². The van der Waals surface area contributed by atoms with E-state index in [9.17, 15) is 0 Å². The molecule has 0 radical (unpaired) electrons. The molecule has 1 aromatic carbocycles. The van der Waals surface area contributed by atoms with Crippen LogP contribution in [0.2, 0.25) is 0 Å². The first kappa shape index (κ1) is 17.1. The summed E-state index contributed by atoms with van der Waals surface area (Å²) in [4.78, 5) is 14.7. The molecular formula is C17H23N5S2. The maximum absolute atomic E-state index is 6.15. The fourth-order valence-corrected chi connectivity index (χ4v) is 4.00. The number of aryl methyl sites for hydroxylation is 1. The van der Waals surface area contributed by atoms with Crippen LogP contribution in [0.15, 0.2) is 45.7 Å². The number of guanidine groups is 1. The lowest BCUT2D eigenvalue weighted by Gasteiger charge is -2.35. The molecule has 0 amide bonds. The molecule has 0 unspecified atom stereocenters. The summed E-state index contributed by atoms with van der Waals surface area (Å²) in [5.74, 6) is 1.61. The molecule has 1 aliphatic heterocycles. The monoisotopic (exact) mass is 361 g/mol. The smallest absolute Gasteiger partial charge is 0.191 e. The third kappa shape index (κ3) is 4.64. The average molecular weight is 362 g/mol. The van der Waals surface area contributed by atoms with Gasteiger partial charge in [-0.05, 0) is 19.1 Å². The van der Waals surface area contributed by atoms with Crippen LogP contribution < -0.4 is 10.6 Å². The van der Waals surface area contributed by atoms with E-state index < -0.39 is 0 Å². The lowest BCUT2D eigenvalue weighted by atomic mass is 10.2. The number of thioether (sulfide) groups is 1. The highest BCUT2D eigenvalue weighted by molar-refractivity contribution is 7.99. The predicted octanol–water partition coefficient (Wildman–Crippen LogP) is 2.68. The molecule has 0 saturated carbocycles. The Balaban J connectivity index is 1.40. The van der Waals surface area contributed by atoms with E-state index in [0.29, 0.717) is 5.96 Å². The van der Waals surface area contributed by atoms with Crippen molar-refractivity contribution in [2.24, 2.45) is 10.7 Å². The fraction of sp³-hybridized carbons (Fsp3) is 0.412. The molecule has 3 rings (SSSR count). The van der Waals surface area contributed by atoms with E-state index in [1.165, 1.54) is 10.5 Å². The number of hydrogen-bond donors (Lipinski definition) is 1. The highest BCUT2D eigenvalue weighted by Crippen LogP contribution is 2.19. The second-order valence-electron chi connectivity index (χ2n) is 5.69. The van der Waals surface area contributed by atoms with Gasteiger partial charge in [-0.2, -0.15) is 0 Å². The molecule has 1 saturated heterocycles. The second kappa shape index (κ2) is 8.39. The lowest BCUT2D eigenvalue weighted by molar-refractivity contribution is 0.381. The maximum atomic E-state index is 6.15. The molecule has 2 aromatic rings. The van der Waals surface area contributed by atoms with Crippen LogP contribution in [-0.2, 0) is 0 Å².